The summed E-state index contributed by atoms with van der Waals surface area (Å²) >= 11 is 0. The summed E-state index contributed by atoms with van der Waals surface area (Å²) in [5, 5.41) is 14.3. The highest BCUT2D eigenvalue weighted by molar-refractivity contribution is 5.97. The van der Waals surface area contributed by atoms with Crippen LogP contribution in [0.15, 0.2) is 47.6 Å². The van der Waals surface area contributed by atoms with E-state index in [-0.39, 0.29) is 17.7 Å². The second-order valence-corrected chi connectivity index (χ2v) is 6.26. The SMILES string of the molecule is CC(C)=C1[C@H]2C=C[C@H]1[C@@H](C(=O)Nc1ccc(F)cc1)[C@H]2C(=O)[O-]. The van der Waals surface area contributed by atoms with Crippen molar-refractivity contribution in [3.8, 4) is 0 Å². The van der Waals surface area contributed by atoms with Gasteiger partial charge in [0, 0.05) is 29.4 Å². The van der Waals surface area contributed by atoms with Crippen molar-refractivity contribution in [2.45, 2.75) is 13.8 Å². The molecule has 5 heteroatoms. The molecule has 0 heterocycles. The largest absolute Gasteiger partial charge is 0.550 e. The van der Waals surface area contributed by atoms with E-state index in [0.717, 1.165) is 11.1 Å². The molecular formula is C18H17FNO3-. The van der Waals surface area contributed by atoms with Crippen molar-refractivity contribution < 1.29 is 19.1 Å². The Bertz CT molecular complexity index is 716. The smallest absolute Gasteiger partial charge is 0.229 e. The van der Waals surface area contributed by atoms with Gasteiger partial charge in [-0.05, 0) is 38.1 Å². The van der Waals surface area contributed by atoms with Gasteiger partial charge in [0.1, 0.15) is 5.82 Å². The average molecular weight is 314 g/mol. The maximum Gasteiger partial charge on any atom is 0.229 e. The molecule has 1 aromatic carbocycles. The molecule has 120 valence electrons. The van der Waals surface area contributed by atoms with Gasteiger partial charge in [-0.25, -0.2) is 4.39 Å². The lowest BCUT2D eigenvalue weighted by molar-refractivity contribution is -0.313. The number of halogens is 1. The first-order chi connectivity index (χ1) is 10.9. The molecule has 2 aliphatic rings. The van der Waals surface area contributed by atoms with Crippen molar-refractivity contribution in [2.75, 3.05) is 5.32 Å². The molecule has 1 amide bonds. The number of allylic oxidation sites excluding steroid dienone is 4. The van der Waals surface area contributed by atoms with E-state index in [0.29, 0.717) is 5.69 Å². The minimum atomic E-state index is -1.21. The van der Waals surface area contributed by atoms with Crippen LogP contribution in [0.25, 0.3) is 0 Å². The van der Waals surface area contributed by atoms with E-state index in [9.17, 15) is 19.1 Å². The molecule has 3 rings (SSSR count). The van der Waals surface area contributed by atoms with Crippen LogP contribution in [0, 0.1) is 29.5 Å². The number of nitrogens with one attached hydrogen (secondary N) is 1. The van der Waals surface area contributed by atoms with E-state index < -0.39 is 23.6 Å². The third-order valence-corrected chi connectivity index (χ3v) is 4.67. The van der Waals surface area contributed by atoms with Gasteiger partial charge in [0.25, 0.3) is 0 Å². The molecule has 2 bridgehead atoms. The number of amides is 1. The maximum atomic E-state index is 12.9. The number of benzene rings is 1. The number of rotatable bonds is 3. The van der Waals surface area contributed by atoms with E-state index in [1.165, 1.54) is 24.3 Å². The Balaban J connectivity index is 1.89. The van der Waals surface area contributed by atoms with Crippen LogP contribution < -0.4 is 10.4 Å². The zero-order valence-electron chi connectivity index (χ0n) is 12.9. The van der Waals surface area contributed by atoms with Crippen LogP contribution in [-0.2, 0) is 9.59 Å². The highest BCUT2D eigenvalue weighted by Crippen LogP contribution is 2.53. The molecule has 2 aliphatic carbocycles. The van der Waals surface area contributed by atoms with Crippen molar-refractivity contribution in [1.29, 1.82) is 0 Å². The summed E-state index contributed by atoms with van der Waals surface area (Å²) in [5.74, 6) is -4.04. The normalized spacial score (nSPS) is 28.0. The number of fused-ring (bicyclic) bond motifs is 2. The van der Waals surface area contributed by atoms with Gasteiger partial charge in [0.05, 0.1) is 5.92 Å². The summed E-state index contributed by atoms with van der Waals surface area (Å²) in [6, 6.07) is 5.39. The second-order valence-electron chi connectivity index (χ2n) is 6.26. The first-order valence-corrected chi connectivity index (χ1v) is 7.53. The fraction of sp³-hybridized carbons (Fsp3) is 0.333. The molecule has 23 heavy (non-hydrogen) atoms. The maximum absolute atomic E-state index is 12.9. The van der Waals surface area contributed by atoms with Crippen molar-refractivity contribution in [3.05, 3.63) is 53.4 Å². The number of carbonyl (C=O) groups excluding carboxylic acids is 2. The quantitative estimate of drug-likeness (QED) is 0.866. The van der Waals surface area contributed by atoms with E-state index in [4.69, 9.17) is 0 Å². The Labute approximate surface area is 133 Å². The highest BCUT2D eigenvalue weighted by Gasteiger charge is 2.52. The van der Waals surface area contributed by atoms with E-state index in [2.05, 4.69) is 5.32 Å². The van der Waals surface area contributed by atoms with Crippen LogP contribution in [0.5, 0.6) is 0 Å². The minimum absolute atomic E-state index is 0.214. The van der Waals surface area contributed by atoms with Gasteiger partial charge in [0.2, 0.25) is 5.91 Å². The summed E-state index contributed by atoms with van der Waals surface area (Å²) in [6.45, 7) is 3.85. The van der Waals surface area contributed by atoms with Crippen molar-refractivity contribution in [2.24, 2.45) is 23.7 Å². The van der Waals surface area contributed by atoms with Gasteiger partial charge >= 0.3 is 0 Å². The van der Waals surface area contributed by atoms with Crippen LogP contribution >= 0.6 is 0 Å². The van der Waals surface area contributed by atoms with Crippen LogP contribution in [0.4, 0.5) is 10.1 Å². The molecule has 0 unspecified atom stereocenters. The molecule has 4 nitrogen and oxygen atoms in total. The summed E-state index contributed by atoms with van der Waals surface area (Å²) < 4.78 is 12.9. The topological polar surface area (TPSA) is 69.2 Å². The van der Waals surface area contributed by atoms with Gasteiger partial charge in [0.15, 0.2) is 0 Å². The van der Waals surface area contributed by atoms with Gasteiger partial charge in [-0.2, -0.15) is 0 Å². The molecule has 0 radical (unpaired) electrons. The Morgan fingerprint density at radius 3 is 2.13 bits per heavy atom. The summed E-state index contributed by atoms with van der Waals surface area (Å²) in [7, 11) is 0. The first-order valence-electron chi connectivity index (χ1n) is 7.53. The fourth-order valence-corrected chi connectivity index (χ4v) is 3.79. The Hall–Kier alpha value is -2.43. The fourth-order valence-electron chi connectivity index (χ4n) is 3.79. The molecule has 0 aliphatic heterocycles. The highest BCUT2D eigenvalue weighted by atomic mass is 19.1. The molecule has 4 atom stereocenters. The second kappa shape index (κ2) is 5.65. The van der Waals surface area contributed by atoms with Gasteiger partial charge in [-0.1, -0.05) is 23.3 Å². The standard InChI is InChI=1S/C18H18FNO3/c1-9(2)14-12-7-8-13(14)16(18(22)23)15(12)17(21)20-11-5-3-10(19)4-6-11/h3-8,12-13,15-16H,1-2H3,(H,20,21)(H,22,23)/p-1/t12-,13-,15-,16+/m1/s1. The Morgan fingerprint density at radius 2 is 1.61 bits per heavy atom. The number of carboxylic acid groups (broad SMARTS) is 1. The molecule has 1 saturated carbocycles. The molecule has 0 saturated heterocycles. The van der Waals surface area contributed by atoms with E-state index in [1.807, 2.05) is 26.0 Å². The van der Waals surface area contributed by atoms with Crippen LogP contribution in [-0.4, -0.2) is 11.9 Å². The lowest BCUT2D eigenvalue weighted by Gasteiger charge is -2.27. The van der Waals surface area contributed by atoms with Crippen molar-refractivity contribution in [3.63, 3.8) is 0 Å². The summed E-state index contributed by atoms with van der Waals surface area (Å²) in [6.07, 6.45) is 3.76. The number of anilines is 1. The number of hydrogen-bond acceptors (Lipinski definition) is 3. The zero-order valence-corrected chi connectivity index (χ0v) is 12.9. The van der Waals surface area contributed by atoms with Crippen LogP contribution in [0.3, 0.4) is 0 Å². The molecule has 0 aromatic heterocycles. The average Bonchev–Trinajstić information content (AvgIpc) is 3.05. The predicted octanol–water partition coefficient (Wildman–Crippen LogP) is 1.90. The molecule has 1 N–H and O–H groups in total. The Morgan fingerprint density at radius 1 is 1.04 bits per heavy atom. The van der Waals surface area contributed by atoms with Crippen molar-refractivity contribution in [1.82, 2.24) is 0 Å². The lowest BCUT2D eigenvalue weighted by Crippen LogP contribution is -2.42. The van der Waals surface area contributed by atoms with Crippen LogP contribution in [0.1, 0.15) is 13.8 Å². The third-order valence-electron chi connectivity index (χ3n) is 4.67. The zero-order chi connectivity index (χ0) is 16.7. The van der Waals surface area contributed by atoms with Crippen LogP contribution in [0.2, 0.25) is 0 Å². The predicted molar refractivity (Wildman–Crippen MR) is 81.5 cm³/mol. The molecule has 1 aromatic rings. The van der Waals surface area contributed by atoms with Gasteiger partial charge in [-0.15, -0.1) is 0 Å². The van der Waals surface area contributed by atoms with E-state index in [1.54, 1.807) is 0 Å². The minimum Gasteiger partial charge on any atom is -0.550 e. The lowest BCUT2D eigenvalue weighted by atomic mass is 9.82. The third kappa shape index (κ3) is 2.56. The summed E-state index contributed by atoms with van der Waals surface area (Å²) in [4.78, 5) is 24.2. The van der Waals surface area contributed by atoms with Gasteiger partial charge in [-0.3, -0.25) is 4.79 Å². The summed E-state index contributed by atoms with van der Waals surface area (Å²) in [5.41, 5.74) is 2.48. The monoisotopic (exact) mass is 314 g/mol. The number of aliphatic carboxylic acids is 1. The molecule has 0 spiro atoms. The van der Waals surface area contributed by atoms with E-state index >= 15 is 0 Å². The molecule has 1 fully saturated rings. The Kier molecular flexibility index (Phi) is 3.80. The first kappa shape index (κ1) is 15.5. The molecular weight excluding hydrogens is 297 g/mol. The number of hydrogen-bond donors (Lipinski definition) is 1. The van der Waals surface area contributed by atoms with Gasteiger partial charge < -0.3 is 15.2 Å². The van der Waals surface area contributed by atoms with Crippen molar-refractivity contribution >= 4 is 17.6 Å². The number of carbonyl (C=O) groups is 2. The number of carboxylic acids is 1.